The molecule has 4 heteroatoms. The number of halogens is 1. The SMILES string of the molecule is COC1CCCN(C(c2ccc(Br)cc2)C(C)N)C1. The highest BCUT2D eigenvalue weighted by atomic mass is 79.9. The number of piperidine rings is 1. The second kappa shape index (κ2) is 6.84. The van der Waals surface area contributed by atoms with Gasteiger partial charge in [0.25, 0.3) is 0 Å². The summed E-state index contributed by atoms with van der Waals surface area (Å²) >= 11 is 3.48. The minimum absolute atomic E-state index is 0.108. The largest absolute Gasteiger partial charge is 0.380 e. The van der Waals surface area contributed by atoms with Crippen molar-refractivity contribution < 1.29 is 4.74 Å². The summed E-state index contributed by atoms with van der Waals surface area (Å²) in [6.07, 6.45) is 2.67. The second-order valence-corrected chi connectivity index (χ2v) is 6.27. The molecule has 2 N–H and O–H groups in total. The second-order valence-electron chi connectivity index (χ2n) is 5.35. The van der Waals surface area contributed by atoms with E-state index in [0.29, 0.717) is 6.10 Å². The Hall–Kier alpha value is -0.420. The van der Waals surface area contributed by atoms with Crippen molar-refractivity contribution >= 4 is 15.9 Å². The van der Waals surface area contributed by atoms with Crippen LogP contribution in [0.3, 0.4) is 0 Å². The van der Waals surface area contributed by atoms with Crippen molar-refractivity contribution in [2.75, 3.05) is 20.2 Å². The van der Waals surface area contributed by atoms with E-state index in [1.54, 1.807) is 7.11 Å². The molecule has 1 heterocycles. The number of hydrogen-bond donors (Lipinski definition) is 1. The van der Waals surface area contributed by atoms with Crippen molar-refractivity contribution in [3.63, 3.8) is 0 Å². The monoisotopic (exact) mass is 326 g/mol. The van der Waals surface area contributed by atoms with E-state index in [1.165, 1.54) is 12.0 Å². The topological polar surface area (TPSA) is 38.5 Å². The maximum Gasteiger partial charge on any atom is 0.0698 e. The first-order valence-electron chi connectivity index (χ1n) is 6.89. The van der Waals surface area contributed by atoms with Gasteiger partial charge in [0.05, 0.1) is 6.10 Å². The molecule has 0 bridgehead atoms. The standard InChI is InChI=1S/C15H23BrN2O/c1-11(17)15(12-5-7-13(16)8-6-12)18-9-3-4-14(10-18)19-2/h5-8,11,14-15H,3-4,9-10,17H2,1-2H3. The summed E-state index contributed by atoms with van der Waals surface area (Å²) in [5, 5.41) is 0. The highest BCUT2D eigenvalue weighted by Crippen LogP contribution is 2.28. The molecule has 3 atom stereocenters. The summed E-state index contributed by atoms with van der Waals surface area (Å²) < 4.78 is 6.62. The van der Waals surface area contributed by atoms with Crippen molar-refractivity contribution in [3.05, 3.63) is 34.3 Å². The Balaban J connectivity index is 2.17. The van der Waals surface area contributed by atoms with E-state index in [-0.39, 0.29) is 12.1 Å². The average molecular weight is 327 g/mol. The third-order valence-corrected chi connectivity index (χ3v) is 4.37. The van der Waals surface area contributed by atoms with Crippen LogP contribution in [0.25, 0.3) is 0 Å². The maximum absolute atomic E-state index is 6.23. The van der Waals surface area contributed by atoms with Gasteiger partial charge in [-0.15, -0.1) is 0 Å². The van der Waals surface area contributed by atoms with Crippen molar-refractivity contribution in [3.8, 4) is 0 Å². The number of hydrogen-bond acceptors (Lipinski definition) is 3. The van der Waals surface area contributed by atoms with Crippen LogP contribution in [-0.2, 0) is 4.74 Å². The minimum atomic E-state index is 0.108. The van der Waals surface area contributed by atoms with Gasteiger partial charge in [0.2, 0.25) is 0 Å². The Labute approximate surface area is 124 Å². The molecule has 1 aromatic carbocycles. The first-order valence-corrected chi connectivity index (χ1v) is 7.69. The number of methoxy groups -OCH3 is 1. The molecule has 1 aromatic rings. The molecule has 2 rings (SSSR count). The summed E-state index contributed by atoms with van der Waals surface area (Å²) in [4.78, 5) is 2.46. The molecule has 19 heavy (non-hydrogen) atoms. The predicted molar refractivity (Wildman–Crippen MR) is 82.1 cm³/mol. The fraction of sp³-hybridized carbons (Fsp3) is 0.600. The van der Waals surface area contributed by atoms with Gasteiger partial charge in [0.1, 0.15) is 0 Å². The Morgan fingerprint density at radius 3 is 2.63 bits per heavy atom. The molecule has 1 fully saturated rings. The number of nitrogens with two attached hydrogens (primary N) is 1. The van der Waals surface area contributed by atoms with Crippen LogP contribution >= 0.6 is 15.9 Å². The number of nitrogens with zero attached hydrogens (tertiary/aromatic N) is 1. The zero-order valence-electron chi connectivity index (χ0n) is 11.7. The Morgan fingerprint density at radius 2 is 2.05 bits per heavy atom. The molecule has 3 unspecified atom stereocenters. The first kappa shape index (κ1) is 15.0. The summed E-state index contributed by atoms with van der Waals surface area (Å²) in [6.45, 7) is 4.16. The van der Waals surface area contributed by atoms with Gasteiger partial charge in [-0.3, -0.25) is 4.90 Å². The quantitative estimate of drug-likeness (QED) is 0.924. The Morgan fingerprint density at radius 1 is 1.37 bits per heavy atom. The molecule has 1 saturated heterocycles. The lowest BCUT2D eigenvalue weighted by molar-refractivity contribution is 0.0103. The lowest BCUT2D eigenvalue weighted by atomic mass is 9.96. The Kier molecular flexibility index (Phi) is 5.39. The maximum atomic E-state index is 6.23. The molecule has 1 aliphatic rings. The fourth-order valence-corrected chi connectivity index (χ4v) is 3.18. The van der Waals surface area contributed by atoms with Crippen LogP contribution in [0.4, 0.5) is 0 Å². The van der Waals surface area contributed by atoms with Gasteiger partial charge >= 0.3 is 0 Å². The number of benzene rings is 1. The van der Waals surface area contributed by atoms with Gasteiger partial charge in [-0.1, -0.05) is 28.1 Å². The molecule has 106 valence electrons. The highest BCUT2D eigenvalue weighted by Gasteiger charge is 2.29. The molecule has 0 aromatic heterocycles. The van der Waals surface area contributed by atoms with E-state index in [9.17, 15) is 0 Å². The normalized spacial score (nSPS) is 24.1. The van der Waals surface area contributed by atoms with E-state index in [1.807, 2.05) is 0 Å². The average Bonchev–Trinajstić information content (AvgIpc) is 2.41. The van der Waals surface area contributed by atoms with E-state index in [0.717, 1.165) is 24.0 Å². The summed E-state index contributed by atoms with van der Waals surface area (Å²) in [6, 6.07) is 8.87. The molecule has 1 aliphatic heterocycles. The van der Waals surface area contributed by atoms with Crippen molar-refractivity contribution in [1.29, 1.82) is 0 Å². The van der Waals surface area contributed by atoms with Crippen molar-refractivity contribution in [1.82, 2.24) is 4.90 Å². The third-order valence-electron chi connectivity index (χ3n) is 3.85. The van der Waals surface area contributed by atoms with E-state index in [2.05, 4.69) is 52.0 Å². The van der Waals surface area contributed by atoms with Crippen molar-refractivity contribution in [2.45, 2.75) is 38.0 Å². The predicted octanol–water partition coefficient (Wildman–Crippen LogP) is 2.95. The minimum Gasteiger partial charge on any atom is -0.380 e. The lowest BCUT2D eigenvalue weighted by Gasteiger charge is -2.39. The van der Waals surface area contributed by atoms with Gasteiger partial charge in [0, 0.05) is 30.2 Å². The molecule has 0 aliphatic carbocycles. The lowest BCUT2D eigenvalue weighted by Crippen LogP contribution is -2.46. The third kappa shape index (κ3) is 3.78. The molecule has 0 spiro atoms. The van der Waals surface area contributed by atoms with E-state index < -0.39 is 0 Å². The molecular weight excluding hydrogens is 304 g/mol. The molecule has 0 amide bonds. The number of rotatable bonds is 4. The van der Waals surface area contributed by atoms with E-state index >= 15 is 0 Å². The van der Waals surface area contributed by atoms with Crippen LogP contribution in [-0.4, -0.2) is 37.2 Å². The van der Waals surface area contributed by atoms with Gasteiger partial charge in [-0.05, 0) is 44.0 Å². The summed E-state index contributed by atoms with van der Waals surface area (Å²) in [5.74, 6) is 0. The number of ether oxygens (including phenoxy) is 1. The van der Waals surface area contributed by atoms with Crippen LogP contribution in [0, 0.1) is 0 Å². The summed E-state index contributed by atoms with van der Waals surface area (Å²) in [5.41, 5.74) is 7.52. The summed E-state index contributed by atoms with van der Waals surface area (Å²) in [7, 11) is 1.80. The van der Waals surface area contributed by atoms with Crippen LogP contribution in [0.15, 0.2) is 28.7 Å². The van der Waals surface area contributed by atoms with E-state index in [4.69, 9.17) is 10.5 Å². The van der Waals surface area contributed by atoms with Crippen LogP contribution in [0.2, 0.25) is 0 Å². The van der Waals surface area contributed by atoms with Crippen LogP contribution < -0.4 is 5.73 Å². The fourth-order valence-electron chi connectivity index (χ4n) is 2.92. The first-order chi connectivity index (χ1) is 9.11. The Bertz CT molecular complexity index is 394. The molecule has 0 radical (unpaired) electrons. The molecule has 3 nitrogen and oxygen atoms in total. The molecular formula is C15H23BrN2O. The zero-order chi connectivity index (χ0) is 13.8. The van der Waals surface area contributed by atoms with Crippen molar-refractivity contribution in [2.24, 2.45) is 5.73 Å². The molecule has 0 saturated carbocycles. The van der Waals surface area contributed by atoms with Gasteiger partial charge in [0.15, 0.2) is 0 Å². The highest BCUT2D eigenvalue weighted by molar-refractivity contribution is 9.10. The van der Waals surface area contributed by atoms with Crippen LogP contribution in [0.5, 0.6) is 0 Å². The van der Waals surface area contributed by atoms with Gasteiger partial charge in [-0.25, -0.2) is 0 Å². The zero-order valence-corrected chi connectivity index (χ0v) is 13.3. The van der Waals surface area contributed by atoms with Crippen LogP contribution in [0.1, 0.15) is 31.4 Å². The van der Waals surface area contributed by atoms with Gasteiger partial charge < -0.3 is 10.5 Å². The smallest absolute Gasteiger partial charge is 0.0698 e. The number of likely N-dealkylation sites (tertiary alicyclic amines) is 1. The van der Waals surface area contributed by atoms with Gasteiger partial charge in [-0.2, -0.15) is 0 Å².